The van der Waals surface area contributed by atoms with Gasteiger partial charge in [-0.2, -0.15) is 10.5 Å². The number of benzene rings is 4. The van der Waals surface area contributed by atoms with Crippen LogP contribution in [0.1, 0.15) is 32.6 Å². The Morgan fingerprint density at radius 3 is 1.98 bits per heavy atom. The number of hydrogen-bond donors (Lipinski definition) is 0. The average molecular weight is 597 g/mol. The summed E-state index contributed by atoms with van der Waals surface area (Å²) in [5.74, 6) is 1.49. The van der Waals surface area contributed by atoms with Gasteiger partial charge in [0.15, 0.2) is 13.2 Å². The molecule has 0 atom stereocenters. The number of carbonyl (C=O) groups is 1. The van der Waals surface area contributed by atoms with E-state index in [4.69, 9.17) is 29.5 Å². The number of carbonyl (C=O) groups excluding carboxylic acids is 1. The Hall–Kier alpha value is -4.79. The number of halogens is 1. The van der Waals surface area contributed by atoms with Gasteiger partial charge in [0.05, 0.1) is 5.56 Å². The molecule has 0 radical (unpaired) electrons. The van der Waals surface area contributed by atoms with Gasteiger partial charge in [0.2, 0.25) is 0 Å². The predicted octanol–water partition coefficient (Wildman–Crippen LogP) is 6.78. The molecular weight excluding hydrogens is 572 g/mol. The minimum absolute atomic E-state index is 0.106. The van der Waals surface area contributed by atoms with Crippen LogP contribution in [0.15, 0.2) is 91.0 Å². The van der Waals surface area contributed by atoms with Crippen LogP contribution >= 0.6 is 15.9 Å². The smallest absolute Gasteiger partial charge is 0.343 e. The molecule has 7 nitrogen and oxygen atoms in total. The maximum atomic E-state index is 12.7. The second kappa shape index (κ2) is 14.4. The van der Waals surface area contributed by atoms with Crippen molar-refractivity contribution in [2.75, 3.05) is 13.2 Å². The molecule has 0 aromatic heterocycles. The van der Waals surface area contributed by atoms with Gasteiger partial charge in [-0.3, -0.25) is 0 Å². The molecule has 0 saturated heterocycles. The molecule has 0 spiro atoms. The number of nitriles is 2. The van der Waals surface area contributed by atoms with E-state index in [0.29, 0.717) is 52.5 Å². The molecule has 0 aliphatic rings. The molecule has 0 aliphatic heterocycles. The van der Waals surface area contributed by atoms with Crippen molar-refractivity contribution in [3.8, 4) is 35.1 Å². The summed E-state index contributed by atoms with van der Waals surface area (Å²) in [6.07, 6.45) is 0.313. The van der Waals surface area contributed by atoms with Crippen LogP contribution in [0.5, 0.6) is 23.0 Å². The molecule has 0 aliphatic carbocycles. The summed E-state index contributed by atoms with van der Waals surface area (Å²) in [7, 11) is 0. The van der Waals surface area contributed by atoms with Crippen molar-refractivity contribution in [1.82, 2.24) is 0 Å². The lowest BCUT2D eigenvalue weighted by molar-refractivity contribution is 0.0734. The quantitative estimate of drug-likeness (QED) is 0.101. The van der Waals surface area contributed by atoms with Gasteiger partial charge in [-0.05, 0) is 48.0 Å². The summed E-state index contributed by atoms with van der Waals surface area (Å²) in [4.78, 5) is 12.7. The number of hydrogen-bond acceptors (Lipinski definition) is 7. The van der Waals surface area contributed by atoms with E-state index in [0.717, 1.165) is 16.7 Å². The largest absolute Gasteiger partial charge is 0.489 e. The Bertz CT molecular complexity index is 1530. The van der Waals surface area contributed by atoms with Gasteiger partial charge >= 0.3 is 5.97 Å². The Kier molecular flexibility index (Phi) is 10.2. The lowest BCUT2D eigenvalue weighted by Gasteiger charge is -2.18. The summed E-state index contributed by atoms with van der Waals surface area (Å²) in [5.41, 5.74) is 3.70. The fourth-order valence-electron chi connectivity index (χ4n) is 3.95. The molecule has 0 unspecified atom stereocenters. The maximum Gasteiger partial charge on any atom is 0.343 e. The fraction of sp³-hybridized carbons (Fsp3) is 0.156. The highest BCUT2D eigenvalue weighted by molar-refractivity contribution is 9.08. The van der Waals surface area contributed by atoms with Gasteiger partial charge < -0.3 is 18.9 Å². The van der Waals surface area contributed by atoms with Crippen molar-refractivity contribution >= 4 is 21.9 Å². The van der Waals surface area contributed by atoms with Crippen LogP contribution in [0.2, 0.25) is 0 Å². The lowest BCUT2D eigenvalue weighted by atomic mass is 10.0. The van der Waals surface area contributed by atoms with Crippen molar-refractivity contribution < 1.29 is 23.7 Å². The summed E-state index contributed by atoms with van der Waals surface area (Å²) in [6.45, 7) is 0.0954. The zero-order valence-corrected chi connectivity index (χ0v) is 23.1. The minimum Gasteiger partial charge on any atom is -0.489 e. The Labute approximate surface area is 241 Å². The number of rotatable bonds is 12. The molecule has 0 heterocycles. The first-order chi connectivity index (χ1) is 19.6. The minimum atomic E-state index is -0.488. The van der Waals surface area contributed by atoms with Gasteiger partial charge in [0.25, 0.3) is 0 Å². The van der Waals surface area contributed by atoms with E-state index >= 15 is 0 Å². The highest BCUT2D eigenvalue weighted by atomic mass is 79.9. The Morgan fingerprint density at radius 2 is 1.30 bits per heavy atom. The van der Waals surface area contributed by atoms with Gasteiger partial charge in [-0.1, -0.05) is 64.5 Å². The average Bonchev–Trinajstić information content (AvgIpc) is 3.00. The van der Waals surface area contributed by atoms with Crippen molar-refractivity contribution in [2.24, 2.45) is 0 Å². The molecule has 0 N–H and O–H groups in total. The monoisotopic (exact) mass is 596 g/mol. The van der Waals surface area contributed by atoms with Crippen LogP contribution in [0.25, 0.3) is 0 Å². The van der Waals surface area contributed by atoms with Crippen LogP contribution in [-0.2, 0) is 18.4 Å². The third kappa shape index (κ3) is 7.63. The standard InChI is InChI=1S/C32H25BrN2O5/c33-21-27-20-30(39-22-23-7-3-1-4-8-23)26(19-31(27)38-16-14-35)17-25-18-28(11-12-29(25)37-15-13-34)40-32(36)24-9-5-2-6-10-24/h1-12,18-20H,15-17,21-22H2. The van der Waals surface area contributed by atoms with E-state index in [1.165, 1.54) is 0 Å². The Balaban J connectivity index is 1.69. The third-order valence-electron chi connectivity index (χ3n) is 5.84. The molecule has 200 valence electrons. The van der Waals surface area contributed by atoms with E-state index in [9.17, 15) is 4.79 Å². The summed E-state index contributed by atoms with van der Waals surface area (Å²) >= 11 is 3.50. The first-order valence-corrected chi connectivity index (χ1v) is 13.5. The molecule has 8 heteroatoms. The van der Waals surface area contributed by atoms with Gasteiger partial charge in [-0.15, -0.1) is 0 Å². The van der Waals surface area contributed by atoms with E-state index in [1.807, 2.05) is 60.7 Å². The number of ether oxygens (including phenoxy) is 4. The first kappa shape index (κ1) is 28.2. The molecule has 0 bridgehead atoms. The number of alkyl halides is 1. The first-order valence-electron chi connectivity index (χ1n) is 12.4. The van der Waals surface area contributed by atoms with Crippen LogP contribution in [0, 0.1) is 22.7 Å². The maximum absolute atomic E-state index is 12.7. The SMILES string of the molecule is N#CCOc1cc(Cc2cc(OC(=O)c3ccccc3)ccc2OCC#N)c(OCc2ccccc2)cc1CBr. The molecule has 40 heavy (non-hydrogen) atoms. The van der Waals surface area contributed by atoms with Crippen LogP contribution < -0.4 is 18.9 Å². The van der Waals surface area contributed by atoms with Crippen molar-refractivity contribution in [2.45, 2.75) is 18.4 Å². The van der Waals surface area contributed by atoms with Crippen molar-refractivity contribution in [1.29, 1.82) is 10.5 Å². The Morgan fingerprint density at radius 1 is 0.700 bits per heavy atom. The summed E-state index contributed by atoms with van der Waals surface area (Å²) < 4.78 is 23.3. The van der Waals surface area contributed by atoms with E-state index < -0.39 is 5.97 Å². The zero-order chi connectivity index (χ0) is 28.2. The third-order valence-corrected chi connectivity index (χ3v) is 6.45. The molecule has 4 aromatic rings. The zero-order valence-electron chi connectivity index (χ0n) is 21.5. The molecule has 0 amide bonds. The van der Waals surface area contributed by atoms with Gasteiger partial charge in [0.1, 0.15) is 41.7 Å². The topological polar surface area (TPSA) is 102 Å². The van der Waals surface area contributed by atoms with Crippen molar-refractivity contribution in [3.05, 3.63) is 119 Å². The summed E-state index contributed by atoms with van der Waals surface area (Å²) in [5, 5.41) is 18.7. The highest BCUT2D eigenvalue weighted by Gasteiger charge is 2.17. The molecule has 0 saturated carbocycles. The van der Waals surface area contributed by atoms with E-state index in [2.05, 4.69) is 15.9 Å². The molecule has 4 rings (SSSR count). The van der Waals surface area contributed by atoms with Crippen LogP contribution in [0.3, 0.4) is 0 Å². The number of nitrogens with zero attached hydrogens (tertiary/aromatic N) is 2. The molecular formula is C32H25BrN2O5. The van der Waals surface area contributed by atoms with E-state index in [-0.39, 0.29) is 13.2 Å². The predicted molar refractivity (Wildman–Crippen MR) is 153 cm³/mol. The fourth-order valence-corrected chi connectivity index (χ4v) is 4.39. The molecule has 0 fully saturated rings. The second-order valence-corrected chi connectivity index (χ2v) is 9.13. The highest BCUT2D eigenvalue weighted by Crippen LogP contribution is 2.35. The molecule has 4 aromatic carbocycles. The van der Waals surface area contributed by atoms with E-state index in [1.54, 1.807) is 42.5 Å². The second-order valence-electron chi connectivity index (χ2n) is 8.57. The normalized spacial score (nSPS) is 10.2. The summed E-state index contributed by atoms with van der Waals surface area (Å²) in [6, 6.07) is 31.2. The lowest BCUT2D eigenvalue weighted by Crippen LogP contribution is -2.09. The van der Waals surface area contributed by atoms with Crippen LogP contribution in [0.4, 0.5) is 0 Å². The van der Waals surface area contributed by atoms with Gasteiger partial charge in [-0.25, -0.2) is 4.79 Å². The number of esters is 1. The van der Waals surface area contributed by atoms with Crippen LogP contribution in [-0.4, -0.2) is 19.2 Å². The van der Waals surface area contributed by atoms with Crippen molar-refractivity contribution in [3.63, 3.8) is 0 Å². The van der Waals surface area contributed by atoms with Gasteiger partial charge in [0, 0.05) is 28.4 Å².